The summed E-state index contributed by atoms with van der Waals surface area (Å²) in [7, 11) is 0. The van der Waals surface area contributed by atoms with E-state index in [1.165, 1.54) is 0 Å². The molecule has 17 heavy (non-hydrogen) atoms. The minimum Gasteiger partial charge on any atom is -0.325 e. The van der Waals surface area contributed by atoms with Gasteiger partial charge in [0, 0.05) is 17.3 Å². The lowest BCUT2D eigenvalue weighted by molar-refractivity contribution is -0.115. The third kappa shape index (κ3) is 5.40. The van der Waals surface area contributed by atoms with E-state index < -0.39 is 11.6 Å². The quantitative estimate of drug-likeness (QED) is 0.853. The molecule has 0 aliphatic carbocycles. The highest BCUT2D eigenvalue weighted by molar-refractivity contribution is 5.92. The fourth-order valence-electron chi connectivity index (χ4n) is 1.18. The number of hydrogen-bond donors (Lipinski definition) is 2. The first-order chi connectivity index (χ1) is 7.76. The van der Waals surface area contributed by atoms with Gasteiger partial charge in [0.05, 0.1) is 6.54 Å². The zero-order chi connectivity index (χ0) is 13.1. The minimum atomic E-state index is -0.718. The maximum absolute atomic E-state index is 12.8. The average molecular weight is 242 g/mol. The Hall–Kier alpha value is -1.49. The highest BCUT2D eigenvalue weighted by Gasteiger charge is 2.11. The molecular formula is C12H16F2N2O. The van der Waals surface area contributed by atoms with Gasteiger partial charge in [-0.15, -0.1) is 0 Å². The standard InChI is InChI=1S/C12H16F2N2O/c1-12(2,3)15-7-11(17)16-10-5-8(13)4-9(14)6-10/h4-6,15H,7H2,1-3H3,(H,16,17). The smallest absolute Gasteiger partial charge is 0.238 e. The van der Waals surface area contributed by atoms with E-state index in [0.29, 0.717) is 0 Å². The van der Waals surface area contributed by atoms with E-state index in [2.05, 4.69) is 10.6 Å². The number of benzene rings is 1. The molecule has 0 saturated carbocycles. The summed E-state index contributed by atoms with van der Waals surface area (Å²) in [5.74, 6) is -1.78. The van der Waals surface area contributed by atoms with Crippen molar-refractivity contribution in [3.8, 4) is 0 Å². The second-order valence-corrected chi connectivity index (χ2v) is 4.81. The third-order valence-corrected chi connectivity index (χ3v) is 1.93. The Kier molecular flexibility index (Phi) is 4.17. The summed E-state index contributed by atoms with van der Waals surface area (Å²) in [4.78, 5) is 11.5. The van der Waals surface area contributed by atoms with Crippen LogP contribution in [0.15, 0.2) is 18.2 Å². The molecule has 2 N–H and O–H groups in total. The number of halogens is 2. The van der Waals surface area contributed by atoms with Gasteiger partial charge in [0.2, 0.25) is 5.91 Å². The fourth-order valence-corrected chi connectivity index (χ4v) is 1.18. The van der Waals surface area contributed by atoms with Gasteiger partial charge in [-0.25, -0.2) is 8.78 Å². The van der Waals surface area contributed by atoms with E-state index in [1.54, 1.807) is 0 Å². The van der Waals surface area contributed by atoms with Gasteiger partial charge in [-0.3, -0.25) is 4.79 Å². The molecule has 0 aliphatic rings. The largest absolute Gasteiger partial charge is 0.325 e. The number of amides is 1. The molecule has 1 rings (SSSR count). The predicted molar refractivity (Wildman–Crippen MR) is 62.7 cm³/mol. The molecular weight excluding hydrogens is 226 g/mol. The minimum absolute atomic E-state index is 0.0850. The summed E-state index contributed by atoms with van der Waals surface area (Å²) in [6, 6.07) is 2.89. The first kappa shape index (κ1) is 13.6. The topological polar surface area (TPSA) is 41.1 Å². The van der Waals surface area contributed by atoms with E-state index in [4.69, 9.17) is 0 Å². The lowest BCUT2D eigenvalue weighted by atomic mass is 10.1. The van der Waals surface area contributed by atoms with Gasteiger partial charge in [-0.05, 0) is 32.9 Å². The summed E-state index contributed by atoms with van der Waals surface area (Å²) in [6.45, 7) is 5.84. The van der Waals surface area contributed by atoms with Crippen LogP contribution in [0.3, 0.4) is 0 Å². The molecule has 0 aliphatic heterocycles. The van der Waals surface area contributed by atoms with Gasteiger partial charge in [0.25, 0.3) is 0 Å². The number of nitrogens with one attached hydrogen (secondary N) is 2. The first-order valence-corrected chi connectivity index (χ1v) is 5.27. The Balaban J connectivity index is 2.56. The molecule has 94 valence electrons. The Morgan fingerprint density at radius 2 is 1.71 bits per heavy atom. The molecule has 0 heterocycles. The van der Waals surface area contributed by atoms with E-state index >= 15 is 0 Å². The number of carbonyl (C=O) groups excluding carboxylic acids is 1. The second kappa shape index (κ2) is 5.23. The maximum atomic E-state index is 12.8. The number of hydrogen-bond acceptors (Lipinski definition) is 2. The van der Waals surface area contributed by atoms with Crippen LogP contribution in [-0.4, -0.2) is 18.0 Å². The molecule has 0 radical (unpaired) electrons. The molecule has 1 amide bonds. The molecule has 0 spiro atoms. The highest BCUT2D eigenvalue weighted by atomic mass is 19.1. The summed E-state index contributed by atoms with van der Waals surface area (Å²) in [5.41, 5.74) is -0.0759. The van der Waals surface area contributed by atoms with Crippen LogP contribution in [0.25, 0.3) is 0 Å². The molecule has 0 unspecified atom stereocenters. The van der Waals surface area contributed by atoms with Crippen molar-refractivity contribution >= 4 is 11.6 Å². The van der Waals surface area contributed by atoms with Crippen molar-refractivity contribution in [3.05, 3.63) is 29.8 Å². The van der Waals surface area contributed by atoms with Gasteiger partial charge >= 0.3 is 0 Å². The van der Waals surface area contributed by atoms with Gasteiger partial charge in [-0.1, -0.05) is 0 Å². The molecule has 3 nitrogen and oxygen atoms in total. The van der Waals surface area contributed by atoms with Crippen LogP contribution in [0.2, 0.25) is 0 Å². The second-order valence-electron chi connectivity index (χ2n) is 4.81. The van der Waals surface area contributed by atoms with Gasteiger partial charge in [0.1, 0.15) is 11.6 Å². The van der Waals surface area contributed by atoms with Gasteiger partial charge in [-0.2, -0.15) is 0 Å². The third-order valence-electron chi connectivity index (χ3n) is 1.93. The number of carbonyl (C=O) groups is 1. The Bertz CT molecular complexity index is 393. The van der Waals surface area contributed by atoms with Gasteiger partial charge < -0.3 is 10.6 Å². The Morgan fingerprint density at radius 1 is 1.18 bits per heavy atom. The van der Waals surface area contributed by atoms with E-state index in [1.807, 2.05) is 20.8 Å². The van der Waals surface area contributed by atoms with E-state index in [-0.39, 0.29) is 23.7 Å². The zero-order valence-electron chi connectivity index (χ0n) is 10.1. The normalized spacial score (nSPS) is 11.4. The Morgan fingerprint density at radius 3 is 2.18 bits per heavy atom. The summed E-state index contributed by atoms with van der Waals surface area (Å²) in [5, 5.41) is 5.39. The van der Waals surface area contributed by atoms with Crippen LogP contribution >= 0.6 is 0 Å². The molecule has 5 heteroatoms. The van der Waals surface area contributed by atoms with Crippen LogP contribution in [0, 0.1) is 11.6 Å². The molecule has 1 aromatic rings. The predicted octanol–water partition coefficient (Wildman–Crippen LogP) is 2.29. The Labute approximate surface area is 99.2 Å². The molecule has 1 aromatic carbocycles. The fraction of sp³-hybridized carbons (Fsp3) is 0.417. The van der Waals surface area contributed by atoms with E-state index in [9.17, 15) is 13.6 Å². The molecule has 0 fully saturated rings. The monoisotopic (exact) mass is 242 g/mol. The summed E-state index contributed by atoms with van der Waals surface area (Å²) in [6.07, 6.45) is 0. The van der Waals surface area contributed by atoms with Crippen molar-refractivity contribution in [1.29, 1.82) is 0 Å². The van der Waals surface area contributed by atoms with Crippen LogP contribution in [-0.2, 0) is 4.79 Å². The van der Waals surface area contributed by atoms with Crippen LogP contribution < -0.4 is 10.6 Å². The van der Waals surface area contributed by atoms with Crippen molar-refractivity contribution < 1.29 is 13.6 Å². The van der Waals surface area contributed by atoms with Crippen LogP contribution in [0.4, 0.5) is 14.5 Å². The highest BCUT2D eigenvalue weighted by Crippen LogP contribution is 2.12. The zero-order valence-corrected chi connectivity index (χ0v) is 10.1. The summed E-state index contributed by atoms with van der Waals surface area (Å²) >= 11 is 0. The lowest BCUT2D eigenvalue weighted by Crippen LogP contribution is -2.41. The average Bonchev–Trinajstić information content (AvgIpc) is 2.11. The first-order valence-electron chi connectivity index (χ1n) is 5.27. The molecule has 0 aromatic heterocycles. The molecule has 0 saturated heterocycles. The number of rotatable bonds is 3. The molecule has 0 atom stereocenters. The SMILES string of the molecule is CC(C)(C)NCC(=O)Nc1cc(F)cc(F)c1. The maximum Gasteiger partial charge on any atom is 0.238 e. The van der Waals surface area contributed by atoms with E-state index in [0.717, 1.165) is 18.2 Å². The lowest BCUT2D eigenvalue weighted by Gasteiger charge is -2.20. The van der Waals surface area contributed by atoms with Gasteiger partial charge in [0.15, 0.2) is 0 Å². The van der Waals surface area contributed by atoms with Crippen molar-refractivity contribution in [3.63, 3.8) is 0 Å². The van der Waals surface area contributed by atoms with Crippen LogP contribution in [0.1, 0.15) is 20.8 Å². The van der Waals surface area contributed by atoms with Crippen molar-refractivity contribution in [2.45, 2.75) is 26.3 Å². The van der Waals surface area contributed by atoms with Crippen LogP contribution in [0.5, 0.6) is 0 Å². The van der Waals surface area contributed by atoms with Crippen molar-refractivity contribution in [2.75, 3.05) is 11.9 Å². The summed E-state index contributed by atoms with van der Waals surface area (Å²) < 4.78 is 25.7. The van der Waals surface area contributed by atoms with Crippen molar-refractivity contribution in [1.82, 2.24) is 5.32 Å². The molecule has 0 bridgehead atoms. The van der Waals surface area contributed by atoms with Crippen molar-refractivity contribution in [2.24, 2.45) is 0 Å². The number of anilines is 1.